The van der Waals surface area contributed by atoms with Gasteiger partial charge in [0.1, 0.15) is 0 Å². The molecular formula is C11H11Br. The second-order valence-electron chi connectivity index (χ2n) is 3.38. The second-order valence-corrected chi connectivity index (χ2v) is 4.29. The van der Waals surface area contributed by atoms with Crippen LogP contribution >= 0.6 is 15.9 Å². The molecule has 1 aromatic rings. The Morgan fingerprint density at radius 1 is 1.33 bits per heavy atom. The zero-order chi connectivity index (χ0) is 8.55. The lowest BCUT2D eigenvalue weighted by Crippen LogP contribution is -1.70. The first-order valence-corrected chi connectivity index (χ1v) is 5.01. The Morgan fingerprint density at radius 3 is 2.42 bits per heavy atom. The van der Waals surface area contributed by atoms with Gasteiger partial charge in [-0.25, -0.2) is 0 Å². The Balaban J connectivity index is 2.20. The number of halogens is 1. The molecule has 0 aliphatic heterocycles. The summed E-state index contributed by atoms with van der Waals surface area (Å²) in [6.45, 7) is 2.27. The maximum Gasteiger partial charge on any atom is 0.0175 e. The molecule has 0 radical (unpaired) electrons. The van der Waals surface area contributed by atoms with E-state index in [2.05, 4.69) is 53.2 Å². The molecule has 1 fully saturated rings. The Kier molecular flexibility index (Phi) is 2.05. The van der Waals surface area contributed by atoms with Crippen LogP contribution in [0.3, 0.4) is 0 Å². The molecule has 1 saturated carbocycles. The van der Waals surface area contributed by atoms with Crippen LogP contribution in [-0.2, 0) is 0 Å². The van der Waals surface area contributed by atoms with Gasteiger partial charge in [-0.3, -0.25) is 0 Å². The zero-order valence-electron chi connectivity index (χ0n) is 7.05. The van der Waals surface area contributed by atoms with Crippen molar-refractivity contribution in [3.8, 4) is 0 Å². The van der Waals surface area contributed by atoms with E-state index in [1.54, 1.807) is 5.57 Å². The second kappa shape index (κ2) is 3.06. The van der Waals surface area contributed by atoms with Crippen molar-refractivity contribution in [1.82, 2.24) is 0 Å². The number of allylic oxidation sites excluding steroid dienone is 1. The lowest BCUT2D eigenvalue weighted by atomic mass is 10.2. The highest BCUT2D eigenvalue weighted by molar-refractivity contribution is 9.10. The average molecular weight is 223 g/mol. The maximum atomic E-state index is 3.42. The van der Waals surface area contributed by atoms with Crippen LogP contribution in [0.15, 0.2) is 34.3 Å². The van der Waals surface area contributed by atoms with Gasteiger partial charge < -0.3 is 0 Å². The van der Waals surface area contributed by atoms with E-state index >= 15 is 0 Å². The van der Waals surface area contributed by atoms with E-state index in [0.717, 1.165) is 10.4 Å². The first-order valence-electron chi connectivity index (χ1n) is 4.22. The summed E-state index contributed by atoms with van der Waals surface area (Å²) < 4.78 is 1.15. The molecule has 0 nitrogen and oxygen atoms in total. The summed E-state index contributed by atoms with van der Waals surface area (Å²) in [5.41, 5.74) is 2.90. The Hall–Kier alpha value is -0.560. The van der Waals surface area contributed by atoms with Crippen LogP contribution in [0.25, 0.3) is 6.08 Å². The molecule has 1 aromatic carbocycles. The quantitative estimate of drug-likeness (QED) is 0.677. The van der Waals surface area contributed by atoms with Crippen molar-refractivity contribution in [2.45, 2.75) is 13.3 Å². The third kappa shape index (κ3) is 1.78. The van der Waals surface area contributed by atoms with Crippen molar-refractivity contribution in [2.24, 2.45) is 5.92 Å². The molecule has 62 valence electrons. The minimum Gasteiger partial charge on any atom is -0.0659 e. The third-order valence-electron chi connectivity index (χ3n) is 2.24. The molecule has 2 rings (SSSR count). The van der Waals surface area contributed by atoms with E-state index in [0.29, 0.717) is 0 Å². The monoisotopic (exact) mass is 222 g/mol. The number of hydrogen-bond donors (Lipinski definition) is 0. The van der Waals surface area contributed by atoms with Gasteiger partial charge in [-0.15, -0.1) is 0 Å². The van der Waals surface area contributed by atoms with Crippen molar-refractivity contribution in [2.75, 3.05) is 0 Å². The summed E-state index contributed by atoms with van der Waals surface area (Å²) in [5.74, 6) is 0.827. The number of rotatable bonds is 1. The highest BCUT2D eigenvalue weighted by atomic mass is 79.9. The molecule has 0 spiro atoms. The van der Waals surface area contributed by atoms with E-state index in [4.69, 9.17) is 0 Å². The van der Waals surface area contributed by atoms with Gasteiger partial charge in [0.15, 0.2) is 0 Å². The smallest absolute Gasteiger partial charge is 0.0175 e. The van der Waals surface area contributed by atoms with E-state index in [-0.39, 0.29) is 0 Å². The van der Waals surface area contributed by atoms with Gasteiger partial charge in [0.25, 0.3) is 0 Å². The molecule has 1 unspecified atom stereocenters. The molecule has 1 atom stereocenters. The predicted molar refractivity (Wildman–Crippen MR) is 55.9 cm³/mol. The average Bonchev–Trinajstić information content (AvgIpc) is 2.72. The van der Waals surface area contributed by atoms with Gasteiger partial charge in [-0.1, -0.05) is 46.6 Å². The van der Waals surface area contributed by atoms with Gasteiger partial charge in [0, 0.05) is 4.47 Å². The molecule has 1 heteroatoms. The lowest BCUT2D eigenvalue weighted by molar-refractivity contribution is 1.02. The van der Waals surface area contributed by atoms with E-state index < -0.39 is 0 Å². The molecule has 0 saturated heterocycles. The molecule has 0 bridgehead atoms. The molecule has 1 aliphatic carbocycles. The summed E-state index contributed by atoms with van der Waals surface area (Å²) in [7, 11) is 0. The SMILES string of the molecule is CC1C/C1=C\c1ccc(Br)cc1. The van der Waals surface area contributed by atoms with Crippen LogP contribution in [0, 0.1) is 5.92 Å². The van der Waals surface area contributed by atoms with Crippen molar-refractivity contribution in [3.63, 3.8) is 0 Å². The van der Waals surface area contributed by atoms with Gasteiger partial charge in [0.2, 0.25) is 0 Å². The van der Waals surface area contributed by atoms with Gasteiger partial charge >= 0.3 is 0 Å². The minimum atomic E-state index is 0.827. The van der Waals surface area contributed by atoms with E-state index in [1.165, 1.54) is 12.0 Å². The molecule has 0 amide bonds. The normalized spacial score (nSPS) is 24.5. The summed E-state index contributed by atoms with van der Waals surface area (Å²) >= 11 is 3.42. The summed E-state index contributed by atoms with van der Waals surface area (Å²) in [4.78, 5) is 0. The van der Waals surface area contributed by atoms with Crippen molar-refractivity contribution >= 4 is 22.0 Å². The van der Waals surface area contributed by atoms with Gasteiger partial charge in [-0.05, 0) is 30.0 Å². The van der Waals surface area contributed by atoms with Gasteiger partial charge in [-0.2, -0.15) is 0 Å². The lowest BCUT2D eigenvalue weighted by Gasteiger charge is -1.92. The van der Waals surface area contributed by atoms with Crippen molar-refractivity contribution in [1.29, 1.82) is 0 Å². The van der Waals surface area contributed by atoms with Crippen LogP contribution in [0.1, 0.15) is 18.9 Å². The fourth-order valence-electron chi connectivity index (χ4n) is 1.27. The molecule has 0 heterocycles. The van der Waals surface area contributed by atoms with Crippen molar-refractivity contribution in [3.05, 3.63) is 39.9 Å². The topological polar surface area (TPSA) is 0 Å². The third-order valence-corrected chi connectivity index (χ3v) is 2.77. The highest BCUT2D eigenvalue weighted by Crippen LogP contribution is 2.38. The maximum absolute atomic E-state index is 3.42. The Labute approximate surface area is 81.4 Å². The molecule has 1 aliphatic rings. The molecule has 12 heavy (non-hydrogen) atoms. The van der Waals surface area contributed by atoms with Crippen molar-refractivity contribution < 1.29 is 0 Å². The number of benzene rings is 1. The Morgan fingerprint density at radius 2 is 1.92 bits per heavy atom. The number of hydrogen-bond acceptors (Lipinski definition) is 0. The van der Waals surface area contributed by atoms with Crippen LogP contribution < -0.4 is 0 Å². The molecular weight excluding hydrogens is 212 g/mol. The van der Waals surface area contributed by atoms with E-state index in [9.17, 15) is 0 Å². The summed E-state index contributed by atoms with van der Waals surface area (Å²) in [6, 6.07) is 8.45. The first kappa shape index (κ1) is 8.06. The highest BCUT2D eigenvalue weighted by Gasteiger charge is 2.23. The Bertz CT molecular complexity index is 308. The largest absolute Gasteiger partial charge is 0.0659 e. The molecule has 0 N–H and O–H groups in total. The van der Waals surface area contributed by atoms with Crippen LogP contribution in [0.2, 0.25) is 0 Å². The first-order chi connectivity index (χ1) is 5.75. The van der Waals surface area contributed by atoms with Gasteiger partial charge in [0.05, 0.1) is 0 Å². The fraction of sp³-hybridized carbons (Fsp3) is 0.273. The van der Waals surface area contributed by atoms with Crippen LogP contribution in [0.4, 0.5) is 0 Å². The zero-order valence-corrected chi connectivity index (χ0v) is 8.64. The fourth-order valence-corrected chi connectivity index (χ4v) is 1.53. The summed E-state index contributed by atoms with van der Waals surface area (Å²) in [6.07, 6.45) is 3.58. The predicted octanol–water partition coefficient (Wildman–Crippen LogP) is 3.87. The molecule has 0 aromatic heterocycles. The van der Waals surface area contributed by atoms with E-state index in [1.807, 2.05) is 0 Å². The van der Waals surface area contributed by atoms with Crippen LogP contribution in [-0.4, -0.2) is 0 Å². The standard InChI is InChI=1S/C11H11Br/c1-8-6-10(8)7-9-2-4-11(12)5-3-9/h2-5,7-8H,6H2,1H3/b10-7+. The minimum absolute atomic E-state index is 0.827. The van der Waals surface area contributed by atoms with Crippen LogP contribution in [0.5, 0.6) is 0 Å². The summed E-state index contributed by atoms with van der Waals surface area (Å²) in [5, 5.41) is 0.